The number of anilines is 3. The standard InChI is InChI=1S/C21H19N3O3/c1-2-14-3-5-15(6-4-14)23-17-7-9-18(22-12-17)21(25)24-16-8-10-19-20(11-16)27-13-26-19/h3-12,23H,2,13H2,1H3,(H,24,25). The number of carbonyl (C=O) groups excluding carboxylic acids is 1. The van der Waals surface area contributed by atoms with E-state index in [1.807, 2.05) is 18.2 Å². The molecule has 0 spiro atoms. The molecule has 1 amide bonds. The number of aryl methyl sites for hydroxylation is 1. The van der Waals surface area contributed by atoms with Crippen LogP contribution in [0.15, 0.2) is 60.8 Å². The molecule has 136 valence electrons. The number of benzene rings is 2. The van der Waals surface area contributed by atoms with Gasteiger partial charge in [0.25, 0.3) is 5.91 Å². The molecule has 2 heterocycles. The molecule has 0 aliphatic carbocycles. The SMILES string of the molecule is CCc1ccc(Nc2ccc(C(=O)Nc3ccc4c(c3)OCO4)nc2)cc1. The van der Waals surface area contributed by atoms with Crippen LogP contribution in [-0.4, -0.2) is 17.7 Å². The fraction of sp³-hybridized carbons (Fsp3) is 0.143. The van der Waals surface area contributed by atoms with Gasteiger partial charge >= 0.3 is 0 Å². The first kappa shape index (κ1) is 16.9. The Balaban J connectivity index is 1.41. The van der Waals surface area contributed by atoms with Crippen LogP contribution in [0.5, 0.6) is 11.5 Å². The van der Waals surface area contributed by atoms with Gasteiger partial charge in [-0.05, 0) is 48.4 Å². The highest BCUT2D eigenvalue weighted by Gasteiger charge is 2.15. The Labute approximate surface area is 157 Å². The maximum Gasteiger partial charge on any atom is 0.274 e. The average Bonchev–Trinajstić information content (AvgIpc) is 3.17. The number of pyridine rings is 1. The van der Waals surface area contributed by atoms with Crippen molar-refractivity contribution in [3.05, 3.63) is 72.1 Å². The number of fused-ring (bicyclic) bond motifs is 1. The summed E-state index contributed by atoms with van der Waals surface area (Å²) in [6.45, 7) is 2.32. The van der Waals surface area contributed by atoms with Gasteiger partial charge in [0.15, 0.2) is 11.5 Å². The van der Waals surface area contributed by atoms with Crippen molar-refractivity contribution in [3.63, 3.8) is 0 Å². The third-order valence-corrected chi connectivity index (χ3v) is 4.28. The van der Waals surface area contributed by atoms with E-state index >= 15 is 0 Å². The van der Waals surface area contributed by atoms with E-state index in [-0.39, 0.29) is 12.7 Å². The lowest BCUT2D eigenvalue weighted by Gasteiger charge is -2.08. The summed E-state index contributed by atoms with van der Waals surface area (Å²) in [5.41, 5.74) is 4.04. The molecule has 6 heteroatoms. The highest BCUT2D eigenvalue weighted by Crippen LogP contribution is 2.34. The molecular formula is C21H19N3O3. The monoisotopic (exact) mass is 361 g/mol. The number of aromatic nitrogens is 1. The molecule has 2 aromatic carbocycles. The van der Waals surface area contributed by atoms with Crippen molar-refractivity contribution >= 4 is 23.0 Å². The predicted molar refractivity (Wildman–Crippen MR) is 104 cm³/mol. The highest BCUT2D eigenvalue weighted by molar-refractivity contribution is 6.03. The molecule has 1 aliphatic heterocycles. The predicted octanol–water partition coefficient (Wildman–Crippen LogP) is 4.37. The number of hydrogen-bond donors (Lipinski definition) is 2. The number of nitrogens with zero attached hydrogens (tertiary/aromatic N) is 1. The third-order valence-electron chi connectivity index (χ3n) is 4.28. The first-order valence-corrected chi connectivity index (χ1v) is 8.74. The number of ether oxygens (including phenoxy) is 2. The molecule has 0 saturated carbocycles. The first-order chi connectivity index (χ1) is 13.2. The molecule has 0 unspecified atom stereocenters. The molecule has 0 fully saturated rings. The van der Waals surface area contributed by atoms with E-state index in [0.717, 1.165) is 17.8 Å². The van der Waals surface area contributed by atoms with Crippen LogP contribution in [0.4, 0.5) is 17.1 Å². The fourth-order valence-electron chi connectivity index (χ4n) is 2.76. The van der Waals surface area contributed by atoms with E-state index in [1.54, 1.807) is 30.5 Å². The lowest BCUT2D eigenvalue weighted by molar-refractivity contribution is 0.102. The smallest absolute Gasteiger partial charge is 0.274 e. The van der Waals surface area contributed by atoms with Crippen molar-refractivity contribution in [2.75, 3.05) is 17.4 Å². The Morgan fingerprint density at radius 3 is 2.44 bits per heavy atom. The number of nitrogens with one attached hydrogen (secondary N) is 2. The zero-order chi connectivity index (χ0) is 18.6. The van der Waals surface area contributed by atoms with Gasteiger partial charge in [0, 0.05) is 17.4 Å². The summed E-state index contributed by atoms with van der Waals surface area (Å²) in [6.07, 6.45) is 2.65. The van der Waals surface area contributed by atoms with Crippen molar-refractivity contribution in [3.8, 4) is 11.5 Å². The largest absolute Gasteiger partial charge is 0.454 e. The first-order valence-electron chi connectivity index (χ1n) is 8.74. The second-order valence-corrected chi connectivity index (χ2v) is 6.13. The molecule has 1 aliphatic rings. The molecule has 2 N–H and O–H groups in total. The minimum atomic E-state index is -0.285. The maximum absolute atomic E-state index is 12.4. The molecule has 0 saturated heterocycles. The lowest BCUT2D eigenvalue weighted by Crippen LogP contribution is -2.13. The molecule has 4 rings (SSSR count). The molecular weight excluding hydrogens is 342 g/mol. The normalized spacial score (nSPS) is 11.9. The van der Waals surface area contributed by atoms with Crippen molar-refractivity contribution in [1.82, 2.24) is 4.98 Å². The number of amides is 1. The minimum Gasteiger partial charge on any atom is -0.454 e. The van der Waals surface area contributed by atoms with Crippen LogP contribution >= 0.6 is 0 Å². The Morgan fingerprint density at radius 1 is 0.963 bits per heavy atom. The second-order valence-electron chi connectivity index (χ2n) is 6.13. The number of hydrogen-bond acceptors (Lipinski definition) is 5. The summed E-state index contributed by atoms with van der Waals surface area (Å²) >= 11 is 0. The van der Waals surface area contributed by atoms with E-state index in [4.69, 9.17) is 9.47 Å². The highest BCUT2D eigenvalue weighted by atomic mass is 16.7. The Kier molecular flexibility index (Phi) is 4.61. The number of rotatable bonds is 5. The van der Waals surface area contributed by atoms with Crippen LogP contribution in [0.3, 0.4) is 0 Å². The van der Waals surface area contributed by atoms with Crippen LogP contribution in [0.25, 0.3) is 0 Å². The average molecular weight is 361 g/mol. The molecule has 27 heavy (non-hydrogen) atoms. The van der Waals surface area contributed by atoms with Crippen LogP contribution in [0.1, 0.15) is 23.0 Å². The fourth-order valence-corrected chi connectivity index (χ4v) is 2.76. The molecule has 0 bridgehead atoms. The molecule has 6 nitrogen and oxygen atoms in total. The van der Waals surface area contributed by atoms with Gasteiger partial charge in [-0.2, -0.15) is 0 Å². The van der Waals surface area contributed by atoms with E-state index in [2.05, 4.69) is 34.7 Å². The van der Waals surface area contributed by atoms with Gasteiger partial charge in [-0.3, -0.25) is 4.79 Å². The van der Waals surface area contributed by atoms with Gasteiger partial charge in [-0.25, -0.2) is 4.98 Å². The van der Waals surface area contributed by atoms with Crippen LogP contribution in [0, 0.1) is 0 Å². The molecule has 1 aromatic heterocycles. The lowest BCUT2D eigenvalue weighted by atomic mass is 10.1. The number of carbonyl (C=O) groups is 1. The summed E-state index contributed by atoms with van der Waals surface area (Å²) < 4.78 is 10.6. The van der Waals surface area contributed by atoms with Crippen LogP contribution < -0.4 is 20.1 Å². The Bertz CT molecular complexity index is 953. The Morgan fingerprint density at radius 2 is 1.70 bits per heavy atom. The molecule has 3 aromatic rings. The quantitative estimate of drug-likeness (QED) is 0.706. The van der Waals surface area contributed by atoms with E-state index in [0.29, 0.717) is 22.9 Å². The maximum atomic E-state index is 12.4. The third kappa shape index (κ3) is 3.84. The zero-order valence-electron chi connectivity index (χ0n) is 14.9. The molecule has 0 radical (unpaired) electrons. The van der Waals surface area contributed by atoms with Crippen molar-refractivity contribution in [2.45, 2.75) is 13.3 Å². The van der Waals surface area contributed by atoms with Crippen molar-refractivity contribution < 1.29 is 14.3 Å². The molecule has 0 atom stereocenters. The van der Waals surface area contributed by atoms with Crippen LogP contribution in [-0.2, 0) is 6.42 Å². The topological polar surface area (TPSA) is 72.5 Å². The van der Waals surface area contributed by atoms with E-state index < -0.39 is 0 Å². The minimum absolute atomic E-state index is 0.198. The van der Waals surface area contributed by atoms with Crippen molar-refractivity contribution in [1.29, 1.82) is 0 Å². The summed E-state index contributed by atoms with van der Waals surface area (Å²) in [5, 5.41) is 6.09. The van der Waals surface area contributed by atoms with Gasteiger partial charge in [-0.15, -0.1) is 0 Å². The summed E-state index contributed by atoms with van der Waals surface area (Å²) in [5.74, 6) is 1.01. The zero-order valence-corrected chi connectivity index (χ0v) is 14.9. The summed E-state index contributed by atoms with van der Waals surface area (Å²) in [7, 11) is 0. The van der Waals surface area contributed by atoms with Crippen LogP contribution in [0.2, 0.25) is 0 Å². The van der Waals surface area contributed by atoms with Gasteiger partial charge in [-0.1, -0.05) is 19.1 Å². The summed E-state index contributed by atoms with van der Waals surface area (Å²) in [4.78, 5) is 16.6. The second kappa shape index (κ2) is 7.37. The van der Waals surface area contributed by atoms with Gasteiger partial charge in [0.1, 0.15) is 5.69 Å². The van der Waals surface area contributed by atoms with E-state index in [9.17, 15) is 4.79 Å². The van der Waals surface area contributed by atoms with Gasteiger partial charge in [0.05, 0.1) is 11.9 Å². The summed E-state index contributed by atoms with van der Waals surface area (Å²) in [6, 6.07) is 17.0. The van der Waals surface area contributed by atoms with Gasteiger partial charge in [0.2, 0.25) is 6.79 Å². The van der Waals surface area contributed by atoms with Gasteiger partial charge < -0.3 is 20.1 Å². The van der Waals surface area contributed by atoms with Crippen molar-refractivity contribution in [2.24, 2.45) is 0 Å². The Hall–Kier alpha value is -3.54. The van der Waals surface area contributed by atoms with E-state index in [1.165, 1.54) is 5.56 Å².